The van der Waals surface area contributed by atoms with Crippen LogP contribution in [-0.4, -0.2) is 21.8 Å². The van der Waals surface area contributed by atoms with E-state index < -0.39 is 6.10 Å². The van der Waals surface area contributed by atoms with Crippen molar-refractivity contribution >= 4 is 0 Å². The molecule has 0 aliphatic heterocycles. The van der Waals surface area contributed by atoms with Crippen molar-refractivity contribution in [3.63, 3.8) is 0 Å². The van der Waals surface area contributed by atoms with Crippen LogP contribution in [-0.2, 0) is 6.42 Å². The summed E-state index contributed by atoms with van der Waals surface area (Å²) in [5, 5.41) is 18.7. The lowest BCUT2D eigenvalue weighted by atomic mass is 10.1. The molecule has 0 fully saturated rings. The van der Waals surface area contributed by atoms with Crippen molar-refractivity contribution in [1.82, 2.24) is 4.98 Å². The van der Waals surface area contributed by atoms with Gasteiger partial charge in [-0.25, -0.2) is 0 Å². The number of para-hydroxylation sites is 1. The van der Waals surface area contributed by atoms with E-state index in [-0.39, 0.29) is 6.61 Å². The van der Waals surface area contributed by atoms with Gasteiger partial charge in [-0.15, -0.1) is 0 Å². The lowest BCUT2D eigenvalue weighted by Crippen LogP contribution is -1.99. The number of rotatable bonds is 6. The summed E-state index contributed by atoms with van der Waals surface area (Å²) in [7, 11) is 0. The minimum absolute atomic E-state index is 0.0836. The van der Waals surface area contributed by atoms with Crippen molar-refractivity contribution in [2.45, 2.75) is 25.9 Å². The van der Waals surface area contributed by atoms with Crippen LogP contribution < -0.4 is 4.74 Å². The van der Waals surface area contributed by atoms with E-state index in [9.17, 15) is 5.11 Å². The van der Waals surface area contributed by atoms with Crippen molar-refractivity contribution in [3.05, 3.63) is 53.9 Å². The van der Waals surface area contributed by atoms with Crippen molar-refractivity contribution < 1.29 is 14.9 Å². The average molecular weight is 273 g/mol. The van der Waals surface area contributed by atoms with Crippen LogP contribution in [0, 0.1) is 0 Å². The summed E-state index contributed by atoms with van der Waals surface area (Å²) in [6.07, 6.45) is 2.25. The van der Waals surface area contributed by atoms with Crippen LogP contribution in [0.2, 0.25) is 0 Å². The van der Waals surface area contributed by atoms with E-state index in [4.69, 9.17) is 9.84 Å². The van der Waals surface area contributed by atoms with Crippen LogP contribution in [0.3, 0.4) is 0 Å². The molecule has 0 saturated carbocycles. The van der Waals surface area contributed by atoms with Gasteiger partial charge in [-0.2, -0.15) is 0 Å². The van der Waals surface area contributed by atoms with Gasteiger partial charge in [0.2, 0.25) is 0 Å². The zero-order chi connectivity index (χ0) is 14.4. The van der Waals surface area contributed by atoms with Gasteiger partial charge in [0.05, 0.1) is 18.0 Å². The Morgan fingerprint density at radius 1 is 1.20 bits per heavy atom. The minimum Gasteiger partial charge on any atom is -0.455 e. The number of aliphatic hydroxyl groups is 2. The fraction of sp³-hybridized carbons (Fsp3) is 0.312. The van der Waals surface area contributed by atoms with Gasteiger partial charge < -0.3 is 14.9 Å². The second kappa shape index (κ2) is 7.03. The molecule has 0 amide bonds. The predicted molar refractivity (Wildman–Crippen MR) is 76.8 cm³/mol. The first-order valence-electron chi connectivity index (χ1n) is 6.75. The molecule has 0 radical (unpaired) electrons. The fourth-order valence-corrected chi connectivity index (χ4v) is 1.92. The number of hydrogen-bond donors (Lipinski definition) is 2. The largest absolute Gasteiger partial charge is 0.455 e. The van der Waals surface area contributed by atoms with E-state index in [0.29, 0.717) is 30.0 Å². The lowest BCUT2D eigenvalue weighted by molar-refractivity contribution is 0.169. The number of hydrogen-bond acceptors (Lipinski definition) is 4. The summed E-state index contributed by atoms with van der Waals surface area (Å²) in [5.41, 5.74) is 1.59. The molecular weight excluding hydrogens is 254 g/mol. The maximum absolute atomic E-state index is 9.69. The number of benzene rings is 1. The van der Waals surface area contributed by atoms with Crippen molar-refractivity contribution in [2.75, 3.05) is 6.61 Å². The van der Waals surface area contributed by atoms with Gasteiger partial charge in [-0.1, -0.05) is 25.1 Å². The van der Waals surface area contributed by atoms with Crippen LogP contribution in [0.15, 0.2) is 42.6 Å². The molecule has 2 aromatic rings. The van der Waals surface area contributed by atoms with Gasteiger partial charge in [-0.05, 0) is 36.6 Å². The third-order valence-electron chi connectivity index (χ3n) is 3.07. The van der Waals surface area contributed by atoms with Crippen LogP contribution in [0.5, 0.6) is 11.5 Å². The maximum Gasteiger partial charge on any atom is 0.145 e. The van der Waals surface area contributed by atoms with E-state index in [1.54, 1.807) is 18.3 Å². The first-order valence-corrected chi connectivity index (χ1v) is 6.75. The molecular formula is C16H19NO3. The average Bonchev–Trinajstić information content (AvgIpc) is 2.49. The van der Waals surface area contributed by atoms with Gasteiger partial charge in [0.25, 0.3) is 0 Å². The van der Waals surface area contributed by atoms with Crippen LogP contribution in [0.4, 0.5) is 0 Å². The highest BCUT2D eigenvalue weighted by Crippen LogP contribution is 2.26. The molecule has 4 heteroatoms. The monoisotopic (exact) mass is 273 g/mol. The third-order valence-corrected chi connectivity index (χ3v) is 3.07. The molecule has 2 rings (SSSR count). The van der Waals surface area contributed by atoms with Crippen LogP contribution >= 0.6 is 0 Å². The first kappa shape index (κ1) is 14.5. The molecule has 4 nitrogen and oxygen atoms in total. The standard InChI is InChI=1S/C16H19NO3/c1-2-15(19)14-8-7-13(11-17-14)20-16-6-4-3-5-12(16)9-10-18/h3-8,11,15,18-19H,2,9-10H2,1H3. The van der Waals surface area contributed by atoms with Gasteiger partial charge in [0.1, 0.15) is 11.5 Å². The molecule has 0 aliphatic carbocycles. The molecule has 106 valence electrons. The molecule has 1 aromatic heterocycles. The fourth-order valence-electron chi connectivity index (χ4n) is 1.92. The summed E-state index contributed by atoms with van der Waals surface area (Å²) in [6.45, 7) is 1.99. The summed E-state index contributed by atoms with van der Waals surface area (Å²) < 4.78 is 5.78. The lowest BCUT2D eigenvalue weighted by Gasteiger charge is -2.11. The molecule has 20 heavy (non-hydrogen) atoms. The molecule has 0 aliphatic rings. The van der Waals surface area contributed by atoms with Gasteiger partial charge in [0, 0.05) is 6.61 Å². The Bertz CT molecular complexity index is 540. The second-order valence-corrected chi connectivity index (χ2v) is 4.53. The Morgan fingerprint density at radius 3 is 2.65 bits per heavy atom. The van der Waals surface area contributed by atoms with Gasteiger partial charge >= 0.3 is 0 Å². The molecule has 1 aromatic carbocycles. The molecule has 1 heterocycles. The van der Waals surface area contributed by atoms with Crippen LogP contribution in [0.1, 0.15) is 30.7 Å². The Morgan fingerprint density at radius 2 is 2.00 bits per heavy atom. The number of aliphatic hydroxyl groups excluding tert-OH is 2. The van der Waals surface area contributed by atoms with Gasteiger partial charge in [0.15, 0.2) is 0 Å². The van der Waals surface area contributed by atoms with E-state index in [2.05, 4.69) is 4.98 Å². The quantitative estimate of drug-likeness (QED) is 0.849. The molecule has 0 bridgehead atoms. The number of aromatic nitrogens is 1. The Labute approximate surface area is 118 Å². The smallest absolute Gasteiger partial charge is 0.145 e. The van der Waals surface area contributed by atoms with E-state index in [1.165, 1.54) is 0 Å². The van der Waals surface area contributed by atoms with Crippen molar-refractivity contribution in [2.24, 2.45) is 0 Å². The third kappa shape index (κ3) is 3.56. The second-order valence-electron chi connectivity index (χ2n) is 4.53. The Hall–Kier alpha value is -1.91. The Kier molecular flexibility index (Phi) is 5.09. The zero-order valence-electron chi connectivity index (χ0n) is 11.5. The summed E-state index contributed by atoms with van der Waals surface area (Å²) in [6, 6.07) is 11.1. The van der Waals surface area contributed by atoms with E-state index in [1.807, 2.05) is 31.2 Å². The van der Waals surface area contributed by atoms with Gasteiger partial charge in [-0.3, -0.25) is 4.98 Å². The normalized spacial score (nSPS) is 12.2. The highest BCUT2D eigenvalue weighted by atomic mass is 16.5. The zero-order valence-corrected chi connectivity index (χ0v) is 11.5. The highest BCUT2D eigenvalue weighted by molar-refractivity contribution is 5.37. The SMILES string of the molecule is CCC(O)c1ccc(Oc2ccccc2CCO)cn1. The number of ether oxygens (including phenoxy) is 1. The Balaban J connectivity index is 2.14. The minimum atomic E-state index is -0.536. The maximum atomic E-state index is 9.69. The molecule has 1 unspecified atom stereocenters. The summed E-state index contributed by atoms with van der Waals surface area (Å²) in [4.78, 5) is 4.20. The molecule has 2 N–H and O–H groups in total. The predicted octanol–water partition coefficient (Wildman–Crippen LogP) is 2.85. The number of pyridine rings is 1. The van der Waals surface area contributed by atoms with Crippen molar-refractivity contribution in [3.8, 4) is 11.5 Å². The highest BCUT2D eigenvalue weighted by Gasteiger charge is 2.08. The first-order chi connectivity index (χ1) is 9.74. The summed E-state index contributed by atoms with van der Waals surface area (Å²) >= 11 is 0. The van der Waals surface area contributed by atoms with E-state index >= 15 is 0 Å². The number of nitrogens with zero attached hydrogens (tertiary/aromatic N) is 1. The van der Waals surface area contributed by atoms with Crippen LogP contribution in [0.25, 0.3) is 0 Å². The molecule has 0 spiro atoms. The van der Waals surface area contributed by atoms with E-state index in [0.717, 1.165) is 5.56 Å². The molecule has 1 atom stereocenters. The molecule has 0 saturated heterocycles. The summed E-state index contributed by atoms with van der Waals surface area (Å²) in [5.74, 6) is 1.33. The topological polar surface area (TPSA) is 62.6 Å². The van der Waals surface area contributed by atoms with Crippen molar-refractivity contribution in [1.29, 1.82) is 0 Å².